The number of thiophene rings is 1. The van der Waals surface area contributed by atoms with Gasteiger partial charge in [-0.15, -0.1) is 22.7 Å². The summed E-state index contributed by atoms with van der Waals surface area (Å²) < 4.78 is 5.64. The highest BCUT2D eigenvalue weighted by Gasteiger charge is 2.55. The summed E-state index contributed by atoms with van der Waals surface area (Å²) in [5, 5.41) is 14.6. The van der Waals surface area contributed by atoms with Gasteiger partial charge in [0.1, 0.15) is 0 Å². The molecule has 2 fully saturated rings. The standard InChI is InChI=1S/C16H16N2O4S2/c1-7-2-5-11(24-7)8-6-23-16(17-8)18-14(19)12-9-3-4-10(22-9)13(12)15(20)21/h2,5-6,9-10,12-13H,3-4H2,1H3,(H,20,21)(H,17,18,19)/t9-,10+,12+,13+/m1/s1. The van der Waals surface area contributed by atoms with Crippen LogP contribution in [0.4, 0.5) is 5.13 Å². The van der Waals surface area contributed by atoms with Crippen molar-refractivity contribution in [3.05, 3.63) is 22.4 Å². The fourth-order valence-corrected chi connectivity index (χ4v) is 5.15. The second-order valence-electron chi connectivity index (χ2n) is 6.12. The SMILES string of the molecule is Cc1ccc(-c2csc(NC(=O)[C@@H]3[C@@H](C(=O)O)[C@@H]4CC[C@H]3O4)n2)s1. The number of carboxylic acid groups (broad SMARTS) is 1. The fraction of sp³-hybridized carbons (Fsp3) is 0.438. The number of carbonyl (C=O) groups excluding carboxylic acids is 1. The molecule has 4 rings (SSSR count). The predicted octanol–water partition coefficient (Wildman–Crippen LogP) is 3.00. The van der Waals surface area contributed by atoms with Crippen LogP contribution in [0.25, 0.3) is 10.6 Å². The van der Waals surface area contributed by atoms with Crippen molar-refractivity contribution in [1.29, 1.82) is 0 Å². The maximum atomic E-state index is 12.6. The maximum Gasteiger partial charge on any atom is 0.310 e. The van der Waals surface area contributed by atoms with Gasteiger partial charge in [-0.05, 0) is 31.9 Å². The van der Waals surface area contributed by atoms with Crippen LogP contribution in [0, 0.1) is 18.8 Å². The van der Waals surface area contributed by atoms with E-state index in [1.807, 2.05) is 24.4 Å². The number of carbonyl (C=O) groups is 2. The topological polar surface area (TPSA) is 88.5 Å². The molecule has 2 N–H and O–H groups in total. The smallest absolute Gasteiger partial charge is 0.310 e. The largest absolute Gasteiger partial charge is 0.481 e. The Morgan fingerprint density at radius 3 is 2.71 bits per heavy atom. The first-order chi connectivity index (χ1) is 11.5. The van der Waals surface area contributed by atoms with Crippen molar-refractivity contribution in [2.24, 2.45) is 11.8 Å². The van der Waals surface area contributed by atoms with Gasteiger partial charge in [-0.3, -0.25) is 9.59 Å². The van der Waals surface area contributed by atoms with Gasteiger partial charge in [0, 0.05) is 10.3 Å². The van der Waals surface area contributed by atoms with Gasteiger partial charge >= 0.3 is 5.97 Å². The number of aromatic nitrogens is 1. The number of ether oxygens (including phenoxy) is 1. The second-order valence-corrected chi connectivity index (χ2v) is 8.26. The number of aliphatic carboxylic acids is 1. The van der Waals surface area contributed by atoms with Gasteiger partial charge in [0.15, 0.2) is 5.13 Å². The van der Waals surface area contributed by atoms with E-state index in [4.69, 9.17) is 4.74 Å². The van der Waals surface area contributed by atoms with Crippen molar-refractivity contribution in [1.82, 2.24) is 4.98 Å². The van der Waals surface area contributed by atoms with Gasteiger partial charge < -0.3 is 15.2 Å². The summed E-state index contributed by atoms with van der Waals surface area (Å²) in [7, 11) is 0. The van der Waals surface area contributed by atoms with Crippen LogP contribution in [-0.4, -0.2) is 34.2 Å². The number of anilines is 1. The highest BCUT2D eigenvalue weighted by atomic mass is 32.1. The molecule has 2 aromatic heterocycles. The Balaban J connectivity index is 1.50. The van der Waals surface area contributed by atoms with Crippen LogP contribution in [0.2, 0.25) is 0 Å². The second kappa shape index (κ2) is 5.94. The third kappa shape index (κ3) is 2.64. The van der Waals surface area contributed by atoms with Crippen molar-refractivity contribution < 1.29 is 19.4 Å². The van der Waals surface area contributed by atoms with Crippen LogP contribution in [-0.2, 0) is 14.3 Å². The molecule has 0 aliphatic carbocycles. The number of nitrogens with zero attached hydrogens (tertiary/aromatic N) is 1. The number of amides is 1. The Morgan fingerprint density at radius 2 is 2.04 bits per heavy atom. The Labute approximate surface area is 146 Å². The van der Waals surface area contributed by atoms with Crippen molar-refractivity contribution in [2.75, 3.05) is 5.32 Å². The van der Waals surface area contributed by atoms with Crippen molar-refractivity contribution in [2.45, 2.75) is 32.0 Å². The molecule has 4 heterocycles. The molecule has 1 amide bonds. The molecule has 4 atom stereocenters. The number of nitrogens with one attached hydrogen (secondary N) is 1. The number of thiazole rings is 1. The minimum Gasteiger partial charge on any atom is -0.481 e. The highest BCUT2D eigenvalue weighted by Crippen LogP contribution is 2.44. The molecule has 6 nitrogen and oxygen atoms in total. The van der Waals surface area contributed by atoms with Gasteiger partial charge in [-0.2, -0.15) is 0 Å². The summed E-state index contributed by atoms with van der Waals surface area (Å²) in [6, 6.07) is 4.03. The number of carboxylic acids is 1. The zero-order valence-electron chi connectivity index (χ0n) is 12.9. The molecule has 0 radical (unpaired) electrons. The van der Waals surface area contributed by atoms with E-state index in [0.29, 0.717) is 11.6 Å². The number of rotatable bonds is 4. The molecule has 8 heteroatoms. The summed E-state index contributed by atoms with van der Waals surface area (Å²) in [6.07, 6.45) is 0.814. The lowest BCUT2D eigenvalue weighted by Gasteiger charge is -2.23. The zero-order chi connectivity index (χ0) is 16.8. The number of fused-ring (bicyclic) bond motifs is 2. The van der Waals surface area contributed by atoms with E-state index in [2.05, 4.69) is 10.3 Å². The van der Waals surface area contributed by atoms with E-state index in [1.54, 1.807) is 11.3 Å². The summed E-state index contributed by atoms with van der Waals surface area (Å²) >= 11 is 2.99. The average Bonchev–Trinajstić information content (AvgIpc) is 3.29. The van der Waals surface area contributed by atoms with E-state index in [-0.39, 0.29) is 18.1 Å². The normalized spacial score (nSPS) is 28.2. The third-order valence-corrected chi connectivity index (χ3v) is 6.37. The number of hydrogen-bond acceptors (Lipinski definition) is 6. The molecule has 2 saturated heterocycles. The lowest BCUT2D eigenvalue weighted by molar-refractivity contribution is -0.147. The van der Waals surface area contributed by atoms with Gasteiger partial charge in [0.25, 0.3) is 0 Å². The molecule has 2 aromatic rings. The Morgan fingerprint density at radius 1 is 1.29 bits per heavy atom. The fourth-order valence-electron chi connectivity index (χ4n) is 3.53. The predicted molar refractivity (Wildman–Crippen MR) is 91.3 cm³/mol. The first kappa shape index (κ1) is 15.7. The first-order valence-corrected chi connectivity index (χ1v) is 9.44. The summed E-state index contributed by atoms with van der Waals surface area (Å²) in [5.41, 5.74) is 0.826. The molecule has 2 bridgehead atoms. The third-order valence-electron chi connectivity index (χ3n) is 4.59. The summed E-state index contributed by atoms with van der Waals surface area (Å²) in [5.74, 6) is -2.67. The van der Waals surface area contributed by atoms with E-state index < -0.39 is 17.8 Å². The van der Waals surface area contributed by atoms with Crippen LogP contribution < -0.4 is 5.32 Å². The molecule has 0 spiro atoms. The minimum atomic E-state index is -0.962. The van der Waals surface area contributed by atoms with E-state index in [1.165, 1.54) is 16.2 Å². The van der Waals surface area contributed by atoms with Crippen LogP contribution in [0.5, 0.6) is 0 Å². The first-order valence-electron chi connectivity index (χ1n) is 7.74. The van der Waals surface area contributed by atoms with E-state index in [0.717, 1.165) is 17.0 Å². The Hall–Kier alpha value is -1.77. The van der Waals surface area contributed by atoms with E-state index >= 15 is 0 Å². The summed E-state index contributed by atoms with van der Waals surface area (Å²) in [6.45, 7) is 2.03. The lowest BCUT2D eigenvalue weighted by atomic mass is 9.79. The van der Waals surface area contributed by atoms with Crippen molar-refractivity contribution in [3.63, 3.8) is 0 Å². The van der Waals surface area contributed by atoms with Crippen LogP contribution in [0.3, 0.4) is 0 Å². The van der Waals surface area contributed by atoms with Crippen molar-refractivity contribution >= 4 is 39.7 Å². The van der Waals surface area contributed by atoms with Crippen LogP contribution in [0.1, 0.15) is 17.7 Å². The quantitative estimate of drug-likeness (QED) is 0.871. The van der Waals surface area contributed by atoms with Gasteiger partial charge in [0.2, 0.25) is 5.91 Å². The van der Waals surface area contributed by atoms with Gasteiger partial charge in [-0.25, -0.2) is 4.98 Å². The lowest BCUT2D eigenvalue weighted by Crippen LogP contribution is -2.40. The monoisotopic (exact) mass is 364 g/mol. The average molecular weight is 364 g/mol. The van der Waals surface area contributed by atoms with E-state index in [9.17, 15) is 14.7 Å². The van der Waals surface area contributed by atoms with Crippen LogP contribution >= 0.6 is 22.7 Å². The summed E-state index contributed by atoms with van der Waals surface area (Å²) in [4.78, 5) is 30.8. The molecule has 2 aliphatic rings. The van der Waals surface area contributed by atoms with Crippen molar-refractivity contribution in [3.8, 4) is 10.6 Å². The Kier molecular flexibility index (Phi) is 3.90. The molecule has 0 saturated carbocycles. The minimum absolute atomic E-state index is 0.296. The number of aryl methyl sites for hydroxylation is 1. The Bertz CT molecular complexity index is 800. The van der Waals surface area contributed by atoms with Gasteiger partial charge in [-0.1, -0.05) is 0 Å². The zero-order valence-corrected chi connectivity index (χ0v) is 14.5. The molecule has 126 valence electrons. The number of hydrogen-bond donors (Lipinski definition) is 2. The molecular formula is C16H16N2O4S2. The maximum absolute atomic E-state index is 12.6. The molecule has 2 aliphatic heterocycles. The van der Waals surface area contributed by atoms with Crippen LogP contribution in [0.15, 0.2) is 17.5 Å². The van der Waals surface area contributed by atoms with Gasteiger partial charge in [0.05, 0.1) is 34.6 Å². The molecule has 0 aromatic carbocycles. The molecular weight excluding hydrogens is 348 g/mol. The molecule has 24 heavy (non-hydrogen) atoms. The molecule has 0 unspecified atom stereocenters. The highest BCUT2D eigenvalue weighted by molar-refractivity contribution is 7.17.